The SMILES string of the molecule is CCn1cc(Nc2ncc(N)c(NN3C(=O)C(C)(C)c4ccccc43)n2)cn1. The van der Waals surface area contributed by atoms with Crippen LogP contribution in [0.3, 0.4) is 0 Å². The van der Waals surface area contributed by atoms with Gasteiger partial charge in [-0.25, -0.2) is 9.99 Å². The molecule has 28 heavy (non-hydrogen) atoms. The number of nitrogens with two attached hydrogens (primary N) is 1. The number of amides is 1. The van der Waals surface area contributed by atoms with Gasteiger partial charge in [0.1, 0.15) is 0 Å². The number of carbonyl (C=O) groups is 1. The fourth-order valence-electron chi connectivity index (χ4n) is 3.19. The first kappa shape index (κ1) is 17.8. The number of benzene rings is 1. The number of fused-ring (bicyclic) bond motifs is 1. The smallest absolute Gasteiger partial charge is 0.255 e. The van der Waals surface area contributed by atoms with Gasteiger partial charge < -0.3 is 11.1 Å². The van der Waals surface area contributed by atoms with Crippen molar-refractivity contribution in [2.45, 2.75) is 32.7 Å². The van der Waals surface area contributed by atoms with Crippen molar-refractivity contribution < 1.29 is 4.79 Å². The summed E-state index contributed by atoms with van der Waals surface area (Å²) in [6, 6.07) is 7.67. The summed E-state index contributed by atoms with van der Waals surface area (Å²) < 4.78 is 1.79. The van der Waals surface area contributed by atoms with Gasteiger partial charge in [0.05, 0.1) is 34.9 Å². The molecule has 0 unspecified atom stereocenters. The molecule has 2 aromatic heterocycles. The van der Waals surface area contributed by atoms with Crippen molar-refractivity contribution in [3.63, 3.8) is 0 Å². The van der Waals surface area contributed by atoms with Crippen LogP contribution in [0.4, 0.5) is 28.8 Å². The number of hydrogen-bond donors (Lipinski definition) is 3. The molecule has 0 radical (unpaired) electrons. The number of nitrogen functional groups attached to an aromatic ring is 1. The molecule has 0 fully saturated rings. The maximum absolute atomic E-state index is 13.0. The number of para-hydroxylation sites is 1. The van der Waals surface area contributed by atoms with Gasteiger partial charge >= 0.3 is 0 Å². The van der Waals surface area contributed by atoms with Crippen LogP contribution in [0.1, 0.15) is 26.3 Å². The van der Waals surface area contributed by atoms with Gasteiger partial charge in [-0.15, -0.1) is 0 Å². The molecule has 3 aromatic rings. The number of carbonyl (C=O) groups excluding carboxylic acids is 1. The normalized spacial score (nSPS) is 14.8. The first-order chi connectivity index (χ1) is 13.4. The van der Waals surface area contributed by atoms with E-state index in [4.69, 9.17) is 5.73 Å². The van der Waals surface area contributed by atoms with Crippen molar-refractivity contribution in [1.82, 2.24) is 19.7 Å². The second-order valence-corrected chi connectivity index (χ2v) is 7.10. The van der Waals surface area contributed by atoms with E-state index in [1.165, 1.54) is 11.2 Å². The Bertz CT molecular complexity index is 1040. The summed E-state index contributed by atoms with van der Waals surface area (Å²) >= 11 is 0. The van der Waals surface area contributed by atoms with Crippen LogP contribution in [0.25, 0.3) is 0 Å². The monoisotopic (exact) mass is 378 g/mol. The molecule has 0 aliphatic carbocycles. The standard InChI is InChI=1S/C19H22N8O/c1-4-26-11-12(9-22-26)23-18-21-10-14(20)16(24-18)25-27-15-8-6-5-7-13(15)19(2,3)17(27)28/h5-11H,4,20H2,1-3H3,(H2,21,23,24,25). The summed E-state index contributed by atoms with van der Waals surface area (Å²) in [5.74, 6) is 0.623. The predicted octanol–water partition coefficient (Wildman–Crippen LogP) is 2.67. The molecule has 0 saturated carbocycles. The van der Waals surface area contributed by atoms with Crippen LogP contribution in [0.2, 0.25) is 0 Å². The zero-order valence-corrected chi connectivity index (χ0v) is 16.0. The molecule has 4 N–H and O–H groups in total. The van der Waals surface area contributed by atoms with E-state index >= 15 is 0 Å². The number of aryl methyl sites for hydroxylation is 1. The Labute approximate surface area is 162 Å². The number of nitrogens with one attached hydrogen (secondary N) is 2. The molecule has 9 heteroatoms. The second kappa shape index (κ2) is 6.52. The first-order valence-corrected chi connectivity index (χ1v) is 9.03. The van der Waals surface area contributed by atoms with E-state index in [1.807, 2.05) is 51.2 Å². The van der Waals surface area contributed by atoms with Gasteiger partial charge in [-0.05, 0) is 32.4 Å². The van der Waals surface area contributed by atoms with Crippen LogP contribution in [-0.4, -0.2) is 25.7 Å². The van der Waals surface area contributed by atoms with Crippen molar-refractivity contribution in [3.8, 4) is 0 Å². The third kappa shape index (κ3) is 2.90. The topological polar surface area (TPSA) is 114 Å². The summed E-state index contributed by atoms with van der Waals surface area (Å²) in [5.41, 5.74) is 11.3. The van der Waals surface area contributed by atoms with Gasteiger partial charge in [0.25, 0.3) is 5.91 Å². The molecular weight excluding hydrogens is 356 g/mol. The maximum Gasteiger partial charge on any atom is 0.255 e. The highest BCUT2D eigenvalue weighted by Crippen LogP contribution is 2.41. The van der Waals surface area contributed by atoms with E-state index in [0.29, 0.717) is 17.5 Å². The number of nitrogens with zero attached hydrogens (tertiary/aromatic N) is 5. The lowest BCUT2D eigenvalue weighted by molar-refractivity contribution is -0.121. The van der Waals surface area contributed by atoms with E-state index in [0.717, 1.165) is 23.5 Å². The summed E-state index contributed by atoms with van der Waals surface area (Å²) in [5, 5.41) is 8.80. The molecule has 0 bridgehead atoms. The van der Waals surface area contributed by atoms with Gasteiger partial charge in [-0.2, -0.15) is 10.1 Å². The summed E-state index contributed by atoms with van der Waals surface area (Å²) in [4.78, 5) is 21.6. The molecule has 1 aliphatic heterocycles. The molecule has 1 aromatic carbocycles. The van der Waals surface area contributed by atoms with Crippen LogP contribution < -0.4 is 21.5 Å². The molecular formula is C19H22N8O. The van der Waals surface area contributed by atoms with Crippen LogP contribution >= 0.6 is 0 Å². The minimum atomic E-state index is -0.638. The molecule has 0 atom stereocenters. The molecule has 0 spiro atoms. The summed E-state index contributed by atoms with van der Waals surface area (Å²) in [7, 11) is 0. The Morgan fingerprint density at radius 2 is 2.00 bits per heavy atom. The van der Waals surface area contributed by atoms with Crippen molar-refractivity contribution in [2.75, 3.05) is 21.5 Å². The second-order valence-electron chi connectivity index (χ2n) is 7.10. The lowest BCUT2D eigenvalue weighted by Crippen LogP contribution is -2.40. The third-order valence-corrected chi connectivity index (χ3v) is 4.80. The van der Waals surface area contributed by atoms with Crippen LogP contribution in [0, 0.1) is 0 Å². The van der Waals surface area contributed by atoms with E-state index < -0.39 is 5.41 Å². The first-order valence-electron chi connectivity index (χ1n) is 9.03. The average molecular weight is 378 g/mol. The Balaban J connectivity index is 1.62. The number of aromatic nitrogens is 4. The molecule has 144 valence electrons. The molecule has 0 saturated heterocycles. The highest BCUT2D eigenvalue weighted by Gasteiger charge is 2.44. The van der Waals surface area contributed by atoms with Crippen LogP contribution in [0.15, 0.2) is 42.9 Å². The van der Waals surface area contributed by atoms with Gasteiger partial charge in [0.15, 0.2) is 5.82 Å². The quantitative estimate of drug-likeness (QED) is 0.625. The summed E-state index contributed by atoms with van der Waals surface area (Å²) in [6.45, 7) is 6.57. The van der Waals surface area contributed by atoms with E-state index in [2.05, 4.69) is 25.8 Å². The number of rotatable bonds is 5. The van der Waals surface area contributed by atoms with Crippen molar-refractivity contribution in [1.29, 1.82) is 0 Å². The molecule has 1 aliphatic rings. The minimum Gasteiger partial charge on any atom is -0.394 e. The molecule has 3 heterocycles. The minimum absolute atomic E-state index is 0.0783. The lowest BCUT2D eigenvalue weighted by atomic mass is 9.86. The molecule has 9 nitrogen and oxygen atoms in total. The molecule has 1 amide bonds. The largest absolute Gasteiger partial charge is 0.394 e. The van der Waals surface area contributed by atoms with Crippen LogP contribution in [0.5, 0.6) is 0 Å². The number of hydrazine groups is 1. The van der Waals surface area contributed by atoms with Gasteiger partial charge in [0.2, 0.25) is 5.95 Å². The predicted molar refractivity (Wildman–Crippen MR) is 108 cm³/mol. The van der Waals surface area contributed by atoms with E-state index in [-0.39, 0.29) is 5.91 Å². The Morgan fingerprint density at radius 1 is 1.21 bits per heavy atom. The Hall–Kier alpha value is -3.62. The fraction of sp³-hybridized carbons (Fsp3) is 0.263. The van der Waals surface area contributed by atoms with Crippen molar-refractivity contribution in [3.05, 3.63) is 48.4 Å². The van der Waals surface area contributed by atoms with Crippen LogP contribution in [-0.2, 0) is 16.8 Å². The molecule has 4 rings (SSSR count). The van der Waals surface area contributed by atoms with Gasteiger partial charge in [-0.3, -0.25) is 14.9 Å². The zero-order chi connectivity index (χ0) is 19.9. The highest BCUT2D eigenvalue weighted by molar-refractivity contribution is 6.08. The Morgan fingerprint density at radius 3 is 2.75 bits per heavy atom. The fourth-order valence-corrected chi connectivity index (χ4v) is 3.19. The maximum atomic E-state index is 13.0. The zero-order valence-electron chi connectivity index (χ0n) is 16.0. The summed E-state index contributed by atoms with van der Waals surface area (Å²) in [6.07, 6.45) is 5.05. The number of anilines is 5. The van der Waals surface area contributed by atoms with Crippen molar-refractivity contribution >= 4 is 34.7 Å². The van der Waals surface area contributed by atoms with Gasteiger partial charge in [0, 0.05) is 12.7 Å². The third-order valence-electron chi connectivity index (χ3n) is 4.80. The van der Waals surface area contributed by atoms with Crippen molar-refractivity contribution in [2.24, 2.45) is 0 Å². The lowest BCUT2D eigenvalue weighted by Gasteiger charge is -2.22. The highest BCUT2D eigenvalue weighted by atomic mass is 16.2. The van der Waals surface area contributed by atoms with E-state index in [9.17, 15) is 4.79 Å². The average Bonchev–Trinajstić information content (AvgIpc) is 3.21. The van der Waals surface area contributed by atoms with E-state index in [1.54, 1.807) is 10.9 Å². The van der Waals surface area contributed by atoms with Gasteiger partial charge in [-0.1, -0.05) is 18.2 Å². The number of hydrogen-bond acceptors (Lipinski definition) is 7. The Kier molecular flexibility index (Phi) is 4.14.